The first-order chi connectivity index (χ1) is 19.9. The van der Waals surface area contributed by atoms with Gasteiger partial charge in [0, 0.05) is 18.1 Å². The zero-order valence-electron chi connectivity index (χ0n) is 25.9. The van der Waals surface area contributed by atoms with Crippen LogP contribution < -0.4 is 5.32 Å². The van der Waals surface area contributed by atoms with Gasteiger partial charge in [0.15, 0.2) is 17.0 Å². The van der Waals surface area contributed by atoms with Crippen molar-refractivity contribution in [2.75, 3.05) is 11.9 Å². The van der Waals surface area contributed by atoms with E-state index in [1.54, 1.807) is 35.2 Å². The molecule has 1 saturated heterocycles. The number of nitrogens with one attached hydrogen (secondary N) is 1. The maximum atomic E-state index is 16.7. The largest absolute Gasteiger partial charge is 0.414 e. The summed E-state index contributed by atoms with van der Waals surface area (Å²) in [5.41, 5.74) is 2.07. The molecule has 5 rings (SSSR count). The van der Waals surface area contributed by atoms with Gasteiger partial charge < -0.3 is 22.9 Å². The molecule has 0 unspecified atom stereocenters. The van der Waals surface area contributed by atoms with Crippen LogP contribution >= 0.6 is 0 Å². The highest BCUT2D eigenvalue weighted by molar-refractivity contribution is 6.84. The molecule has 0 bridgehead atoms. The molecule has 12 heteroatoms. The number of alkyl halides is 1. The van der Waals surface area contributed by atoms with Crippen molar-refractivity contribution < 1.29 is 22.2 Å². The van der Waals surface area contributed by atoms with E-state index in [1.807, 2.05) is 6.07 Å². The van der Waals surface area contributed by atoms with Gasteiger partial charge in [-0.3, -0.25) is 4.79 Å². The molecule has 1 aliphatic heterocycles. The van der Waals surface area contributed by atoms with Crippen LogP contribution in [-0.4, -0.2) is 61.4 Å². The quantitative estimate of drug-likeness (QED) is 0.288. The van der Waals surface area contributed by atoms with Crippen molar-refractivity contribution in [3.8, 4) is 0 Å². The number of hydrogen-bond acceptors (Lipinski definition) is 7. The maximum absolute atomic E-state index is 16.7. The molecule has 1 saturated carbocycles. The first kappa shape index (κ1) is 30.9. The van der Waals surface area contributed by atoms with Gasteiger partial charge in [-0.15, -0.1) is 0 Å². The highest BCUT2D eigenvalue weighted by Gasteiger charge is 2.61. The van der Waals surface area contributed by atoms with Crippen LogP contribution in [-0.2, 0) is 13.0 Å². The lowest BCUT2D eigenvalue weighted by Crippen LogP contribution is -2.64. The summed E-state index contributed by atoms with van der Waals surface area (Å²) >= 11 is 0. The summed E-state index contributed by atoms with van der Waals surface area (Å²) in [5, 5.41) is 2.84. The topological polar surface area (TPSA) is 100 Å². The maximum Gasteiger partial charge on any atom is 0.335 e. The first-order valence-electron chi connectivity index (χ1n) is 15.1. The molecule has 42 heavy (non-hydrogen) atoms. The van der Waals surface area contributed by atoms with Gasteiger partial charge in [-0.1, -0.05) is 73.6 Å². The van der Waals surface area contributed by atoms with E-state index in [1.165, 1.54) is 6.33 Å². The molecule has 228 valence electrons. The fraction of sp³-hybridized carbons (Fsp3) is 0.600. The molecule has 3 aromatic rings. The minimum atomic E-state index is -2.94. The SMILES string of the molecule is CC(C)[Si]1(C(C)C)OC[C@H]2C[C@@H](n3cnc4c(NC(=O)c5ccccc5)ncnc43)[C@H](F)[C@@H]2O[Si](C(C)C)(C(C)C)O1. The predicted octanol–water partition coefficient (Wildman–Crippen LogP) is 6.93. The molecule has 9 nitrogen and oxygen atoms in total. The van der Waals surface area contributed by atoms with Gasteiger partial charge in [0.1, 0.15) is 12.5 Å². The van der Waals surface area contributed by atoms with Crippen LogP contribution in [0.4, 0.5) is 10.2 Å². The number of aromatic nitrogens is 4. The molecule has 1 amide bonds. The third kappa shape index (κ3) is 5.25. The monoisotopic (exact) mass is 613 g/mol. The number of carbonyl (C=O) groups excluding carboxylic acids is 1. The van der Waals surface area contributed by atoms with Gasteiger partial charge >= 0.3 is 17.1 Å². The highest BCUT2D eigenvalue weighted by Crippen LogP contribution is 2.51. The normalized spacial score (nSPS) is 25.6. The Hall–Kier alpha value is -2.52. The number of rotatable bonds is 7. The van der Waals surface area contributed by atoms with Crippen LogP contribution in [0.3, 0.4) is 0 Å². The van der Waals surface area contributed by atoms with Crippen molar-refractivity contribution in [1.29, 1.82) is 0 Å². The second-order valence-corrected chi connectivity index (χ2v) is 21.8. The summed E-state index contributed by atoms with van der Waals surface area (Å²) in [6.07, 6.45) is 1.53. The summed E-state index contributed by atoms with van der Waals surface area (Å²) < 4.78 is 39.6. The second-order valence-electron chi connectivity index (χ2n) is 12.9. The number of halogens is 1. The van der Waals surface area contributed by atoms with Gasteiger partial charge in [0.25, 0.3) is 5.91 Å². The Labute approximate surface area is 250 Å². The van der Waals surface area contributed by atoms with E-state index >= 15 is 4.39 Å². The average Bonchev–Trinajstić information content (AvgIpc) is 3.49. The first-order valence-corrected chi connectivity index (χ1v) is 19.0. The van der Waals surface area contributed by atoms with Crippen LogP contribution in [0.25, 0.3) is 11.2 Å². The molecule has 1 aliphatic carbocycles. The van der Waals surface area contributed by atoms with E-state index in [-0.39, 0.29) is 39.8 Å². The number of benzene rings is 1. The number of carbonyl (C=O) groups is 1. The summed E-state index contributed by atoms with van der Waals surface area (Å²) in [4.78, 5) is 26.1. The van der Waals surface area contributed by atoms with E-state index in [4.69, 9.17) is 13.0 Å². The van der Waals surface area contributed by atoms with E-state index in [0.717, 1.165) is 0 Å². The van der Waals surface area contributed by atoms with Crippen LogP contribution in [0, 0.1) is 5.92 Å². The lowest BCUT2D eigenvalue weighted by molar-refractivity contribution is 0.00539. The average molecular weight is 614 g/mol. The smallest absolute Gasteiger partial charge is 0.335 e. The Morgan fingerprint density at radius 1 is 0.952 bits per heavy atom. The van der Waals surface area contributed by atoms with Crippen LogP contribution in [0.15, 0.2) is 43.0 Å². The van der Waals surface area contributed by atoms with Crippen LogP contribution in [0.5, 0.6) is 0 Å². The Morgan fingerprint density at radius 3 is 2.21 bits per heavy atom. The lowest BCUT2D eigenvalue weighted by Gasteiger charge is -2.51. The van der Waals surface area contributed by atoms with E-state index < -0.39 is 35.4 Å². The zero-order valence-corrected chi connectivity index (χ0v) is 27.9. The number of hydrogen-bond donors (Lipinski definition) is 1. The lowest BCUT2D eigenvalue weighted by atomic mass is 10.1. The van der Waals surface area contributed by atoms with Gasteiger partial charge in [-0.25, -0.2) is 19.3 Å². The minimum Gasteiger partial charge on any atom is -0.414 e. The highest BCUT2D eigenvalue weighted by atomic mass is 28.5. The van der Waals surface area contributed by atoms with Gasteiger partial charge in [-0.2, -0.15) is 0 Å². The number of fused-ring (bicyclic) bond motifs is 2. The van der Waals surface area contributed by atoms with Crippen molar-refractivity contribution in [1.82, 2.24) is 19.5 Å². The van der Waals surface area contributed by atoms with E-state index in [0.29, 0.717) is 29.8 Å². The molecule has 0 radical (unpaired) electrons. The number of imidazole rings is 1. The van der Waals surface area contributed by atoms with Crippen molar-refractivity contribution in [2.24, 2.45) is 5.92 Å². The molecule has 2 aliphatic rings. The third-order valence-electron chi connectivity index (χ3n) is 9.06. The molecule has 0 spiro atoms. The molecule has 1 aromatic carbocycles. The van der Waals surface area contributed by atoms with Crippen molar-refractivity contribution in [3.63, 3.8) is 0 Å². The van der Waals surface area contributed by atoms with Crippen molar-refractivity contribution in [2.45, 2.75) is 102 Å². The van der Waals surface area contributed by atoms with Crippen molar-refractivity contribution in [3.05, 3.63) is 48.5 Å². The Kier molecular flexibility index (Phi) is 8.74. The standard InChI is InChI=1S/C30H44FN5O4Si2/c1-18(2)41(19(3)4)38-15-23-14-24(25(31)27(23)39-42(40-41,20(5)6)21(7)8)36-17-34-26-28(32-16-33-29(26)36)35-30(37)22-12-10-9-11-13-22/h9-13,16-21,23-25,27H,14-15H2,1-8H3,(H,32,33,35,37)/t23-,24-,25+,27-/m1/s1. The molecular weight excluding hydrogens is 570 g/mol. The Bertz CT molecular complexity index is 1390. The zero-order chi connectivity index (χ0) is 30.4. The summed E-state index contributed by atoms with van der Waals surface area (Å²) in [6.45, 7) is 17.7. The molecule has 3 heterocycles. The van der Waals surface area contributed by atoms with Crippen molar-refractivity contribution >= 4 is 40.0 Å². The summed E-state index contributed by atoms with van der Waals surface area (Å²) in [5.74, 6) is -0.153. The fourth-order valence-electron chi connectivity index (χ4n) is 6.76. The molecule has 2 fully saturated rings. The number of anilines is 1. The van der Waals surface area contributed by atoms with Crippen LogP contribution in [0.1, 0.15) is 78.2 Å². The number of nitrogens with zero attached hydrogens (tertiary/aromatic N) is 4. The fourth-order valence-corrected chi connectivity index (χ4v) is 18.1. The predicted molar refractivity (Wildman–Crippen MR) is 166 cm³/mol. The molecular formula is C30H44FN5O4Si2. The summed E-state index contributed by atoms with van der Waals surface area (Å²) in [7, 11) is -5.65. The van der Waals surface area contributed by atoms with Gasteiger partial charge in [0.2, 0.25) is 0 Å². The van der Waals surface area contributed by atoms with Gasteiger partial charge in [0.05, 0.1) is 18.5 Å². The number of amides is 1. The van der Waals surface area contributed by atoms with Crippen LogP contribution in [0.2, 0.25) is 22.2 Å². The molecule has 2 aromatic heterocycles. The van der Waals surface area contributed by atoms with E-state index in [9.17, 15) is 4.79 Å². The minimum absolute atomic E-state index is 0.119. The van der Waals surface area contributed by atoms with E-state index in [2.05, 4.69) is 75.7 Å². The van der Waals surface area contributed by atoms with Gasteiger partial charge in [-0.05, 0) is 40.7 Å². The summed E-state index contributed by atoms with van der Waals surface area (Å²) in [6, 6.07) is 8.34. The Morgan fingerprint density at radius 2 is 1.60 bits per heavy atom. The molecule has 4 atom stereocenters. The second kappa shape index (κ2) is 11.9. The third-order valence-corrected chi connectivity index (χ3v) is 19.3. The molecule has 1 N–H and O–H groups in total. The Balaban J connectivity index is 1.49.